The van der Waals surface area contributed by atoms with Crippen LogP contribution in [0.2, 0.25) is 0 Å². The third-order valence-electron chi connectivity index (χ3n) is 4.59. The molecule has 0 bridgehead atoms. The number of aromatic nitrogens is 2. The molecule has 6 heteroatoms. The Bertz CT molecular complexity index is 678. The van der Waals surface area contributed by atoms with E-state index in [-0.39, 0.29) is 5.91 Å². The first-order valence-corrected chi connectivity index (χ1v) is 8.93. The van der Waals surface area contributed by atoms with Gasteiger partial charge >= 0.3 is 0 Å². The first-order chi connectivity index (χ1) is 11.0. The number of hydrogen-bond donors (Lipinski definition) is 1. The van der Waals surface area contributed by atoms with Gasteiger partial charge in [0, 0.05) is 42.9 Å². The van der Waals surface area contributed by atoms with Gasteiger partial charge in [0.1, 0.15) is 0 Å². The van der Waals surface area contributed by atoms with E-state index >= 15 is 0 Å². The zero-order valence-electron chi connectivity index (χ0n) is 14.0. The van der Waals surface area contributed by atoms with Crippen molar-refractivity contribution in [1.82, 2.24) is 19.8 Å². The van der Waals surface area contributed by atoms with Crippen LogP contribution in [0.5, 0.6) is 0 Å². The molecule has 0 aromatic carbocycles. The SMILES string of the molecule is Cc1ncsc1CN(C)CC1CCN(C(=O)c2cc[nH]c2C)C1. The number of likely N-dealkylation sites (tertiary alicyclic amines) is 1. The Kier molecular flexibility index (Phi) is 4.82. The van der Waals surface area contributed by atoms with Gasteiger partial charge in [-0.25, -0.2) is 4.98 Å². The summed E-state index contributed by atoms with van der Waals surface area (Å²) in [6.07, 6.45) is 2.92. The van der Waals surface area contributed by atoms with E-state index in [2.05, 4.69) is 28.8 Å². The molecule has 2 aromatic rings. The van der Waals surface area contributed by atoms with Crippen molar-refractivity contribution in [1.29, 1.82) is 0 Å². The van der Waals surface area contributed by atoms with E-state index < -0.39 is 0 Å². The molecule has 0 saturated carbocycles. The van der Waals surface area contributed by atoms with E-state index in [0.717, 1.165) is 49.6 Å². The van der Waals surface area contributed by atoms with Gasteiger partial charge in [-0.05, 0) is 39.3 Å². The first-order valence-electron chi connectivity index (χ1n) is 8.05. The van der Waals surface area contributed by atoms with Crippen LogP contribution < -0.4 is 0 Å². The molecular formula is C17H24N4OS. The van der Waals surface area contributed by atoms with E-state index in [1.54, 1.807) is 11.3 Å². The Hall–Kier alpha value is -1.66. The molecule has 1 aliphatic heterocycles. The molecule has 0 aliphatic carbocycles. The molecular weight excluding hydrogens is 308 g/mol. The van der Waals surface area contributed by atoms with Gasteiger partial charge in [-0.3, -0.25) is 4.79 Å². The molecule has 1 aliphatic rings. The predicted molar refractivity (Wildman–Crippen MR) is 92.7 cm³/mol. The van der Waals surface area contributed by atoms with Crippen LogP contribution in [0.4, 0.5) is 0 Å². The van der Waals surface area contributed by atoms with E-state index in [4.69, 9.17) is 0 Å². The molecule has 1 N–H and O–H groups in total. The van der Waals surface area contributed by atoms with E-state index in [9.17, 15) is 4.79 Å². The summed E-state index contributed by atoms with van der Waals surface area (Å²) in [5.41, 5.74) is 4.80. The fraction of sp³-hybridized carbons (Fsp3) is 0.529. The van der Waals surface area contributed by atoms with Gasteiger partial charge < -0.3 is 14.8 Å². The fourth-order valence-corrected chi connectivity index (χ4v) is 4.11. The van der Waals surface area contributed by atoms with Crippen LogP contribution in [0.15, 0.2) is 17.8 Å². The number of nitrogens with zero attached hydrogens (tertiary/aromatic N) is 3. The zero-order chi connectivity index (χ0) is 16.4. The van der Waals surface area contributed by atoms with Crippen molar-refractivity contribution in [2.75, 3.05) is 26.7 Å². The number of carbonyl (C=O) groups excluding carboxylic acids is 1. The number of aryl methyl sites for hydroxylation is 2. The van der Waals surface area contributed by atoms with Gasteiger partial charge in [-0.15, -0.1) is 11.3 Å². The van der Waals surface area contributed by atoms with Gasteiger partial charge in [0.05, 0.1) is 16.8 Å². The number of amides is 1. The summed E-state index contributed by atoms with van der Waals surface area (Å²) in [6.45, 7) is 7.70. The van der Waals surface area contributed by atoms with Crippen molar-refractivity contribution >= 4 is 17.2 Å². The molecule has 5 nitrogen and oxygen atoms in total. The lowest BCUT2D eigenvalue weighted by molar-refractivity contribution is 0.0783. The zero-order valence-corrected chi connectivity index (χ0v) is 14.8. The fourth-order valence-electron chi connectivity index (χ4n) is 3.25. The minimum absolute atomic E-state index is 0.159. The monoisotopic (exact) mass is 332 g/mol. The number of carbonyl (C=O) groups is 1. The first kappa shape index (κ1) is 16.2. The second-order valence-corrected chi connectivity index (χ2v) is 7.42. The largest absolute Gasteiger partial charge is 0.365 e. The molecule has 1 fully saturated rings. The van der Waals surface area contributed by atoms with E-state index in [1.165, 1.54) is 4.88 Å². The number of hydrogen-bond acceptors (Lipinski definition) is 4. The third-order valence-corrected chi connectivity index (χ3v) is 5.51. The molecule has 124 valence electrons. The average Bonchev–Trinajstić information content (AvgIpc) is 3.22. The molecule has 1 unspecified atom stereocenters. The second-order valence-electron chi connectivity index (χ2n) is 6.48. The van der Waals surface area contributed by atoms with E-state index in [1.807, 2.05) is 29.6 Å². The van der Waals surface area contributed by atoms with Crippen molar-refractivity contribution in [3.8, 4) is 0 Å². The molecule has 23 heavy (non-hydrogen) atoms. The highest BCUT2D eigenvalue weighted by Crippen LogP contribution is 2.22. The van der Waals surface area contributed by atoms with Crippen LogP contribution in [0, 0.1) is 19.8 Å². The summed E-state index contributed by atoms with van der Waals surface area (Å²) in [5, 5.41) is 0. The minimum Gasteiger partial charge on any atom is -0.365 e. The highest BCUT2D eigenvalue weighted by molar-refractivity contribution is 7.09. The highest BCUT2D eigenvalue weighted by atomic mass is 32.1. The number of H-pyrrole nitrogens is 1. The van der Waals surface area contributed by atoms with Gasteiger partial charge in [-0.1, -0.05) is 0 Å². The normalized spacial score (nSPS) is 18.1. The molecule has 1 saturated heterocycles. The van der Waals surface area contributed by atoms with Crippen molar-refractivity contribution < 1.29 is 4.79 Å². The molecule has 2 aromatic heterocycles. The van der Waals surface area contributed by atoms with Crippen LogP contribution in [0.3, 0.4) is 0 Å². The predicted octanol–water partition coefficient (Wildman–Crippen LogP) is 2.68. The smallest absolute Gasteiger partial charge is 0.255 e. The molecule has 1 amide bonds. The molecule has 3 heterocycles. The number of thiazole rings is 1. The minimum atomic E-state index is 0.159. The molecule has 0 radical (unpaired) electrons. The summed E-state index contributed by atoms with van der Waals surface area (Å²) < 4.78 is 0. The highest BCUT2D eigenvalue weighted by Gasteiger charge is 2.28. The summed E-state index contributed by atoms with van der Waals surface area (Å²) in [6, 6.07) is 1.88. The van der Waals surface area contributed by atoms with Gasteiger partial charge in [-0.2, -0.15) is 0 Å². The Morgan fingerprint density at radius 3 is 3.00 bits per heavy atom. The maximum atomic E-state index is 12.5. The summed E-state index contributed by atoms with van der Waals surface area (Å²) >= 11 is 1.72. The topological polar surface area (TPSA) is 52.2 Å². The Morgan fingerprint density at radius 1 is 1.52 bits per heavy atom. The molecule has 0 spiro atoms. The van der Waals surface area contributed by atoms with Gasteiger partial charge in [0.2, 0.25) is 0 Å². The summed E-state index contributed by atoms with van der Waals surface area (Å²) in [7, 11) is 2.15. The second kappa shape index (κ2) is 6.84. The lowest BCUT2D eigenvalue weighted by Crippen LogP contribution is -2.31. The van der Waals surface area contributed by atoms with Crippen molar-refractivity contribution in [3.05, 3.63) is 39.6 Å². The third kappa shape index (κ3) is 3.64. The molecule has 1 atom stereocenters. The summed E-state index contributed by atoms with van der Waals surface area (Å²) in [5.74, 6) is 0.712. The van der Waals surface area contributed by atoms with Crippen LogP contribution >= 0.6 is 11.3 Å². The van der Waals surface area contributed by atoms with Crippen molar-refractivity contribution in [2.24, 2.45) is 5.92 Å². The van der Waals surface area contributed by atoms with E-state index in [0.29, 0.717) is 5.92 Å². The number of rotatable bonds is 5. The number of aromatic amines is 1. The van der Waals surface area contributed by atoms with Crippen molar-refractivity contribution in [3.63, 3.8) is 0 Å². The maximum Gasteiger partial charge on any atom is 0.255 e. The van der Waals surface area contributed by atoms with Crippen LogP contribution in [-0.4, -0.2) is 52.4 Å². The average molecular weight is 332 g/mol. The van der Waals surface area contributed by atoms with Crippen LogP contribution in [-0.2, 0) is 6.54 Å². The Labute approximate surface area is 141 Å². The van der Waals surface area contributed by atoms with Crippen LogP contribution in [0.1, 0.15) is 33.0 Å². The van der Waals surface area contributed by atoms with Gasteiger partial charge in [0.15, 0.2) is 0 Å². The summed E-state index contributed by atoms with van der Waals surface area (Å²) in [4.78, 5) is 25.6. The van der Waals surface area contributed by atoms with Crippen LogP contribution in [0.25, 0.3) is 0 Å². The molecule has 3 rings (SSSR count). The lowest BCUT2D eigenvalue weighted by atomic mass is 10.1. The van der Waals surface area contributed by atoms with Gasteiger partial charge in [0.25, 0.3) is 5.91 Å². The maximum absolute atomic E-state index is 12.5. The Balaban J connectivity index is 1.53. The van der Waals surface area contributed by atoms with Crippen molar-refractivity contribution in [2.45, 2.75) is 26.8 Å². The standard InChI is InChI=1S/C17H24N4OS/c1-12-15(4-6-18-12)17(22)21-7-5-14(9-21)8-20(3)10-16-13(2)19-11-23-16/h4,6,11,14,18H,5,7-10H2,1-3H3. The lowest BCUT2D eigenvalue weighted by Gasteiger charge is -2.21. The number of nitrogens with one attached hydrogen (secondary N) is 1. The quantitative estimate of drug-likeness (QED) is 0.916. The Morgan fingerprint density at radius 2 is 2.35 bits per heavy atom.